The smallest absolute Gasteiger partial charge is 0.271 e. The van der Waals surface area contributed by atoms with Gasteiger partial charge in [-0.15, -0.1) is 16.4 Å². The molecule has 17 heavy (non-hydrogen) atoms. The van der Waals surface area contributed by atoms with Crippen molar-refractivity contribution in [2.45, 2.75) is 10.9 Å². The van der Waals surface area contributed by atoms with Crippen molar-refractivity contribution in [3.63, 3.8) is 0 Å². The van der Waals surface area contributed by atoms with Crippen LogP contribution in [0.1, 0.15) is 16.3 Å². The molecule has 0 aliphatic carbocycles. The molecule has 7 nitrogen and oxygen atoms in total. The van der Waals surface area contributed by atoms with Crippen LogP contribution >= 0.6 is 23.1 Å². The molecule has 0 unspecified atom stereocenters. The first-order chi connectivity index (χ1) is 8.19. The normalized spacial score (nSPS) is 10.4. The maximum absolute atomic E-state index is 11.7. The summed E-state index contributed by atoms with van der Waals surface area (Å²) >= 11 is 2.95. The maximum atomic E-state index is 11.7. The van der Waals surface area contributed by atoms with E-state index in [1.807, 2.05) is 6.26 Å². The van der Waals surface area contributed by atoms with E-state index in [4.69, 9.17) is 5.73 Å². The highest BCUT2D eigenvalue weighted by atomic mass is 32.2. The SMILES string of the molecule is CSc1nc(C(=O)NCc2nc(N)n[nH]2)cs1. The van der Waals surface area contributed by atoms with Crippen molar-refractivity contribution in [3.8, 4) is 0 Å². The number of aromatic nitrogens is 4. The van der Waals surface area contributed by atoms with Crippen LogP contribution in [-0.2, 0) is 6.54 Å². The standard InChI is InChI=1S/C8H10N6OS2/c1-16-8-11-4(3-17-8)6(15)10-2-5-12-7(9)14-13-5/h3H,2H2,1H3,(H,10,15)(H3,9,12,13,14). The minimum absolute atomic E-state index is 0.160. The van der Waals surface area contributed by atoms with E-state index in [0.717, 1.165) is 4.34 Å². The van der Waals surface area contributed by atoms with Gasteiger partial charge in [-0.3, -0.25) is 9.89 Å². The molecule has 0 aliphatic heterocycles. The van der Waals surface area contributed by atoms with E-state index in [1.165, 1.54) is 23.1 Å². The van der Waals surface area contributed by atoms with Gasteiger partial charge in [0.1, 0.15) is 15.9 Å². The van der Waals surface area contributed by atoms with Crippen LogP contribution in [0.15, 0.2) is 9.72 Å². The highest BCUT2D eigenvalue weighted by Gasteiger charge is 2.10. The van der Waals surface area contributed by atoms with Gasteiger partial charge in [-0.2, -0.15) is 4.98 Å². The quantitative estimate of drug-likeness (QED) is 0.698. The van der Waals surface area contributed by atoms with E-state index in [9.17, 15) is 4.79 Å². The number of rotatable bonds is 4. The molecule has 0 saturated carbocycles. The molecule has 2 rings (SSSR count). The van der Waals surface area contributed by atoms with Crippen LogP contribution in [0.25, 0.3) is 0 Å². The zero-order valence-electron chi connectivity index (χ0n) is 8.93. The zero-order chi connectivity index (χ0) is 12.3. The molecule has 4 N–H and O–H groups in total. The second-order valence-electron chi connectivity index (χ2n) is 3.03. The third-order valence-corrected chi connectivity index (χ3v) is 3.72. The minimum atomic E-state index is -0.239. The second kappa shape index (κ2) is 5.15. The Morgan fingerprint density at radius 1 is 1.65 bits per heavy atom. The predicted molar refractivity (Wildman–Crippen MR) is 65.9 cm³/mol. The minimum Gasteiger partial charge on any atom is -0.367 e. The van der Waals surface area contributed by atoms with E-state index >= 15 is 0 Å². The Morgan fingerprint density at radius 2 is 2.47 bits per heavy atom. The number of hydrogen-bond donors (Lipinski definition) is 3. The summed E-state index contributed by atoms with van der Waals surface area (Å²) in [5, 5.41) is 10.7. The van der Waals surface area contributed by atoms with E-state index < -0.39 is 0 Å². The van der Waals surface area contributed by atoms with Gasteiger partial charge in [0, 0.05) is 5.38 Å². The van der Waals surface area contributed by atoms with E-state index in [-0.39, 0.29) is 18.4 Å². The first-order valence-electron chi connectivity index (χ1n) is 4.63. The topological polar surface area (TPSA) is 110 Å². The fourth-order valence-corrected chi connectivity index (χ4v) is 2.34. The highest BCUT2D eigenvalue weighted by Crippen LogP contribution is 2.19. The number of nitrogens with zero attached hydrogens (tertiary/aromatic N) is 3. The number of carbonyl (C=O) groups excluding carboxylic acids is 1. The summed E-state index contributed by atoms with van der Waals surface area (Å²) in [6.45, 7) is 0.245. The second-order valence-corrected chi connectivity index (χ2v) is 4.94. The van der Waals surface area contributed by atoms with Crippen molar-refractivity contribution in [1.29, 1.82) is 0 Å². The number of amides is 1. The van der Waals surface area contributed by atoms with E-state index in [2.05, 4.69) is 25.5 Å². The molecule has 0 saturated heterocycles. The molecule has 2 aromatic rings. The summed E-state index contributed by atoms with van der Waals surface area (Å²) in [5.41, 5.74) is 5.75. The molecule has 2 aromatic heterocycles. The van der Waals surface area contributed by atoms with E-state index in [0.29, 0.717) is 11.5 Å². The van der Waals surface area contributed by atoms with Crippen LogP contribution in [0, 0.1) is 0 Å². The largest absolute Gasteiger partial charge is 0.367 e. The number of nitrogens with two attached hydrogens (primary N) is 1. The number of carbonyl (C=O) groups is 1. The lowest BCUT2D eigenvalue weighted by molar-refractivity contribution is 0.0945. The molecule has 0 atom stereocenters. The Bertz CT molecular complexity index is 522. The Morgan fingerprint density at radius 3 is 3.06 bits per heavy atom. The Balaban J connectivity index is 1.93. The van der Waals surface area contributed by atoms with Crippen LogP contribution in [0.2, 0.25) is 0 Å². The highest BCUT2D eigenvalue weighted by molar-refractivity contribution is 8.00. The molecule has 0 fully saturated rings. The summed E-state index contributed by atoms with van der Waals surface area (Å²) in [6.07, 6.45) is 1.91. The lowest BCUT2D eigenvalue weighted by atomic mass is 10.4. The monoisotopic (exact) mass is 270 g/mol. The van der Waals surface area contributed by atoms with Crippen molar-refractivity contribution < 1.29 is 4.79 Å². The van der Waals surface area contributed by atoms with Gasteiger partial charge in [-0.25, -0.2) is 4.98 Å². The number of thioether (sulfide) groups is 1. The van der Waals surface area contributed by atoms with Gasteiger partial charge in [-0.1, -0.05) is 11.8 Å². The fraction of sp³-hybridized carbons (Fsp3) is 0.250. The number of H-pyrrole nitrogens is 1. The summed E-state index contributed by atoms with van der Waals surface area (Å²) < 4.78 is 0.860. The molecular weight excluding hydrogens is 260 g/mol. The average Bonchev–Trinajstić information content (AvgIpc) is 2.94. The Labute approximate surface area is 105 Å². The fourth-order valence-electron chi connectivity index (χ4n) is 1.10. The molecule has 0 aliphatic rings. The maximum Gasteiger partial charge on any atom is 0.271 e. The third kappa shape index (κ3) is 2.94. The van der Waals surface area contributed by atoms with Crippen LogP contribution in [0.4, 0.5) is 5.95 Å². The number of thiazole rings is 1. The molecule has 1 amide bonds. The van der Waals surface area contributed by atoms with Gasteiger partial charge in [0.25, 0.3) is 5.91 Å². The van der Waals surface area contributed by atoms with Gasteiger partial charge in [0.15, 0.2) is 0 Å². The van der Waals surface area contributed by atoms with Gasteiger partial charge >= 0.3 is 0 Å². The van der Waals surface area contributed by atoms with Crippen molar-refractivity contribution in [2.24, 2.45) is 0 Å². The van der Waals surface area contributed by atoms with Gasteiger partial charge < -0.3 is 11.1 Å². The van der Waals surface area contributed by atoms with Crippen molar-refractivity contribution in [2.75, 3.05) is 12.0 Å². The summed E-state index contributed by atoms with van der Waals surface area (Å²) in [5.74, 6) is 0.431. The summed E-state index contributed by atoms with van der Waals surface area (Å²) in [6, 6.07) is 0. The number of anilines is 1. The summed E-state index contributed by atoms with van der Waals surface area (Å²) in [4.78, 5) is 19.7. The summed E-state index contributed by atoms with van der Waals surface area (Å²) in [7, 11) is 0. The lowest BCUT2D eigenvalue weighted by Gasteiger charge is -1.98. The zero-order valence-corrected chi connectivity index (χ0v) is 10.6. The van der Waals surface area contributed by atoms with Crippen molar-refractivity contribution in [1.82, 2.24) is 25.5 Å². The molecule has 0 radical (unpaired) electrons. The van der Waals surface area contributed by atoms with Crippen LogP contribution in [-0.4, -0.2) is 32.3 Å². The predicted octanol–water partition coefficient (Wildman–Crippen LogP) is 0.495. The molecule has 0 bridgehead atoms. The van der Waals surface area contributed by atoms with Crippen LogP contribution in [0.5, 0.6) is 0 Å². The van der Waals surface area contributed by atoms with E-state index in [1.54, 1.807) is 5.38 Å². The van der Waals surface area contributed by atoms with Gasteiger partial charge in [0.05, 0.1) is 6.54 Å². The Hall–Kier alpha value is -1.61. The molecule has 9 heteroatoms. The average molecular weight is 270 g/mol. The van der Waals surface area contributed by atoms with Crippen molar-refractivity contribution >= 4 is 35.0 Å². The number of nitrogen functional groups attached to an aromatic ring is 1. The van der Waals surface area contributed by atoms with Gasteiger partial charge in [-0.05, 0) is 6.26 Å². The van der Waals surface area contributed by atoms with Crippen LogP contribution < -0.4 is 11.1 Å². The lowest BCUT2D eigenvalue weighted by Crippen LogP contribution is -2.23. The van der Waals surface area contributed by atoms with Crippen LogP contribution in [0.3, 0.4) is 0 Å². The first-order valence-corrected chi connectivity index (χ1v) is 6.74. The Kier molecular flexibility index (Phi) is 3.59. The van der Waals surface area contributed by atoms with Gasteiger partial charge in [0.2, 0.25) is 5.95 Å². The molecule has 90 valence electrons. The number of hydrogen-bond acceptors (Lipinski definition) is 7. The molecule has 2 heterocycles. The molecule has 0 aromatic carbocycles. The van der Waals surface area contributed by atoms with Crippen molar-refractivity contribution in [3.05, 3.63) is 16.9 Å². The first kappa shape index (κ1) is 11.9. The number of nitrogens with one attached hydrogen (secondary N) is 2. The molecular formula is C8H10N6OS2. The number of aromatic amines is 1. The molecule has 0 spiro atoms. The third-order valence-electron chi connectivity index (χ3n) is 1.86.